The van der Waals surface area contributed by atoms with Crippen LogP contribution in [0, 0.1) is 6.92 Å². The fourth-order valence-electron chi connectivity index (χ4n) is 1.42. The summed E-state index contributed by atoms with van der Waals surface area (Å²) < 4.78 is 4.95. The number of hydrogen-bond acceptors (Lipinski definition) is 5. The lowest BCUT2D eigenvalue weighted by molar-refractivity contribution is -0.116. The number of aryl methyl sites for hydroxylation is 1. The molecule has 1 amide bonds. The highest BCUT2D eigenvalue weighted by atomic mass is 32.1. The fraction of sp³-hybridized carbons (Fsp3) is 0.500. The van der Waals surface area contributed by atoms with Gasteiger partial charge in [0, 0.05) is 4.88 Å². The zero-order valence-electron chi connectivity index (χ0n) is 11.1. The minimum atomic E-state index is -0.401. The van der Waals surface area contributed by atoms with Gasteiger partial charge in [0.2, 0.25) is 5.91 Å². The van der Waals surface area contributed by atoms with Gasteiger partial charge in [0.15, 0.2) is 0 Å². The SMILES string of the molecule is CCOC(=O)c1cc(C)sc1NC(=O)CN(C)C. The van der Waals surface area contributed by atoms with Crippen molar-refractivity contribution in [1.82, 2.24) is 4.90 Å². The zero-order valence-corrected chi connectivity index (χ0v) is 11.9. The third kappa shape index (κ3) is 4.12. The van der Waals surface area contributed by atoms with Gasteiger partial charge in [-0.05, 0) is 34.0 Å². The predicted octanol–water partition coefficient (Wildman–Crippen LogP) is 1.73. The third-order valence-corrected chi connectivity index (χ3v) is 3.03. The number of hydrogen-bond donors (Lipinski definition) is 1. The van der Waals surface area contributed by atoms with Crippen molar-refractivity contribution in [2.45, 2.75) is 13.8 Å². The second-order valence-corrected chi connectivity index (χ2v) is 5.36. The molecule has 0 atom stereocenters. The largest absolute Gasteiger partial charge is 0.462 e. The van der Waals surface area contributed by atoms with Gasteiger partial charge >= 0.3 is 5.97 Å². The Morgan fingerprint density at radius 1 is 1.44 bits per heavy atom. The normalized spacial score (nSPS) is 10.5. The molecule has 0 aliphatic rings. The van der Waals surface area contributed by atoms with Crippen LogP contribution >= 0.6 is 11.3 Å². The lowest BCUT2D eigenvalue weighted by atomic mass is 10.3. The molecule has 1 rings (SSSR count). The molecule has 0 aliphatic heterocycles. The summed E-state index contributed by atoms with van der Waals surface area (Å²) in [6.45, 7) is 4.23. The van der Waals surface area contributed by atoms with Crippen LogP contribution in [-0.4, -0.2) is 44.0 Å². The van der Waals surface area contributed by atoms with E-state index < -0.39 is 5.97 Å². The van der Waals surface area contributed by atoms with Crippen molar-refractivity contribution in [3.8, 4) is 0 Å². The number of nitrogens with zero attached hydrogens (tertiary/aromatic N) is 1. The molecule has 0 saturated carbocycles. The number of amides is 1. The van der Waals surface area contributed by atoms with Crippen LogP contribution in [0.2, 0.25) is 0 Å². The van der Waals surface area contributed by atoms with Crippen LogP contribution in [0.25, 0.3) is 0 Å². The maximum absolute atomic E-state index is 11.7. The van der Waals surface area contributed by atoms with E-state index in [0.29, 0.717) is 17.2 Å². The van der Waals surface area contributed by atoms with Gasteiger partial charge in [0.05, 0.1) is 18.7 Å². The van der Waals surface area contributed by atoms with E-state index in [0.717, 1.165) is 4.88 Å². The molecule has 1 heterocycles. The van der Waals surface area contributed by atoms with Crippen molar-refractivity contribution in [1.29, 1.82) is 0 Å². The highest BCUT2D eigenvalue weighted by molar-refractivity contribution is 7.16. The number of carbonyl (C=O) groups is 2. The first-order valence-corrected chi connectivity index (χ1v) is 6.47. The molecule has 0 radical (unpaired) electrons. The van der Waals surface area contributed by atoms with E-state index in [4.69, 9.17) is 4.74 Å². The molecular weight excluding hydrogens is 252 g/mol. The monoisotopic (exact) mass is 270 g/mol. The topological polar surface area (TPSA) is 58.6 Å². The van der Waals surface area contributed by atoms with Gasteiger partial charge in [0.25, 0.3) is 0 Å². The second kappa shape index (κ2) is 6.51. The molecule has 6 heteroatoms. The summed E-state index contributed by atoms with van der Waals surface area (Å²) in [5, 5.41) is 3.29. The van der Waals surface area contributed by atoms with E-state index in [2.05, 4.69) is 5.32 Å². The summed E-state index contributed by atoms with van der Waals surface area (Å²) in [5.74, 6) is -0.547. The Morgan fingerprint density at radius 2 is 2.11 bits per heavy atom. The van der Waals surface area contributed by atoms with Gasteiger partial charge in [-0.2, -0.15) is 0 Å². The van der Waals surface area contributed by atoms with Crippen molar-refractivity contribution in [3.63, 3.8) is 0 Å². The van der Waals surface area contributed by atoms with E-state index in [1.165, 1.54) is 11.3 Å². The van der Waals surface area contributed by atoms with Crippen molar-refractivity contribution < 1.29 is 14.3 Å². The van der Waals surface area contributed by atoms with Gasteiger partial charge in [-0.25, -0.2) is 4.79 Å². The molecule has 0 saturated heterocycles. The molecule has 0 fully saturated rings. The summed E-state index contributed by atoms with van der Waals surface area (Å²) in [6, 6.07) is 1.73. The number of esters is 1. The van der Waals surface area contributed by atoms with Crippen LogP contribution in [0.3, 0.4) is 0 Å². The van der Waals surface area contributed by atoms with E-state index >= 15 is 0 Å². The maximum atomic E-state index is 11.7. The Balaban J connectivity index is 2.82. The maximum Gasteiger partial charge on any atom is 0.341 e. The minimum Gasteiger partial charge on any atom is -0.462 e. The number of thiophene rings is 1. The molecule has 0 spiro atoms. The van der Waals surface area contributed by atoms with Crippen molar-refractivity contribution >= 4 is 28.2 Å². The molecule has 1 N–H and O–H groups in total. The van der Waals surface area contributed by atoms with Crippen LogP contribution in [0.4, 0.5) is 5.00 Å². The molecule has 0 aliphatic carbocycles. The van der Waals surface area contributed by atoms with Crippen molar-refractivity contribution in [3.05, 3.63) is 16.5 Å². The van der Waals surface area contributed by atoms with Crippen LogP contribution in [0.1, 0.15) is 22.2 Å². The number of rotatable bonds is 5. The average Bonchev–Trinajstić information content (AvgIpc) is 2.58. The number of carbonyl (C=O) groups excluding carboxylic acids is 2. The Hall–Kier alpha value is -1.40. The van der Waals surface area contributed by atoms with E-state index in [-0.39, 0.29) is 12.5 Å². The average molecular weight is 270 g/mol. The summed E-state index contributed by atoms with van der Waals surface area (Å²) in [6.07, 6.45) is 0. The van der Waals surface area contributed by atoms with Crippen molar-refractivity contribution in [2.75, 3.05) is 32.6 Å². The molecule has 1 aromatic heterocycles. The smallest absolute Gasteiger partial charge is 0.341 e. The summed E-state index contributed by atoms with van der Waals surface area (Å²) in [5.41, 5.74) is 0.423. The van der Waals surface area contributed by atoms with Crippen LogP contribution in [0.5, 0.6) is 0 Å². The molecular formula is C12H18N2O3S. The molecule has 18 heavy (non-hydrogen) atoms. The van der Waals surface area contributed by atoms with Crippen LogP contribution in [0.15, 0.2) is 6.07 Å². The van der Waals surface area contributed by atoms with Crippen molar-refractivity contribution in [2.24, 2.45) is 0 Å². The summed E-state index contributed by atoms with van der Waals surface area (Å²) >= 11 is 1.37. The van der Waals surface area contributed by atoms with Gasteiger partial charge in [-0.15, -0.1) is 11.3 Å². The Morgan fingerprint density at radius 3 is 2.67 bits per heavy atom. The molecule has 5 nitrogen and oxygen atoms in total. The Labute approximate surface area is 111 Å². The first-order valence-electron chi connectivity index (χ1n) is 5.66. The quantitative estimate of drug-likeness (QED) is 0.828. The molecule has 0 bridgehead atoms. The first kappa shape index (κ1) is 14.7. The standard InChI is InChI=1S/C12H18N2O3S/c1-5-17-12(16)9-6-8(2)18-11(9)13-10(15)7-14(3)4/h6H,5,7H2,1-4H3,(H,13,15). The lowest BCUT2D eigenvalue weighted by Gasteiger charge is -2.10. The second-order valence-electron chi connectivity index (χ2n) is 4.11. The first-order chi connectivity index (χ1) is 8.43. The van der Waals surface area contributed by atoms with Gasteiger partial charge in [0.1, 0.15) is 5.00 Å². The number of anilines is 1. The van der Waals surface area contributed by atoms with Crippen LogP contribution in [-0.2, 0) is 9.53 Å². The third-order valence-electron chi connectivity index (χ3n) is 2.06. The van der Waals surface area contributed by atoms with Gasteiger partial charge in [-0.1, -0.05) is 0 Å². The summed E-state index contributed by atoms with van der Waals surface area (Å²) in [7, 11) is 3.62. The number of ether oxygens (including phenoxy) is 1. The molecule has 0 aromatic carbocycles. The number of likely N-dealkylation sites (N-methyl/N-ethyl adjacent to an activating group) is 1. The highest BCUT2D eigenvalue weighted by Gasteiger charge is 2.17. The van der Waals surface area contributed by atoms with Gasteiger partial charge < -0.3 is 15.0 Å². The highest BCUT2D eigenvalue weighted by Crippen LogP contribution is 2.28. The van der Waals surface area contributed by atoms with Gasteiger partial charge in [-0.3, -0.25) is 4.79 Å². The summed E-state index contributed by atoms with van der Waals surface area (Å²) in [4.78, 5) is 26.1. The fourth-order valence-corrected chi connectivity index (χ4v) is 2.34. The Kier molecular flexibility index (Phi) is 5.30. The lowest BCUT2D eigenvalue weighted by Crippen LogP contribution is -2.27. The molecule has 100 valence electrons. The predicted molar refractivity (Wildman–Crippen MR) is 72.2 cm³/mol. The number of nitrogens with one attached hydrogen (secondary N) is 1. The molecule has 0 unspecified atom stereocenters. The van der Waals surface area contributed by atoms with E-state index in [1.807, 2.05) is 21.0 Å². The minimum absolute atomic E-state index is 0.146. The molecule has 1 aromatic rings. The van der Waals surface area contributed by atoms with E-state index in [1.54, 1.807) is 17.9 Å². The Bertz CT molecular complexity index is 441. The zero-order chi connectivity index (χ0) is 13.7. The van der Waals surface area contributed by atoms with E-state index in [9.17, 15) is 9.59 Å². The van der Waals surface area contributed by atoms with Crippen LogP contribution < -0.4 is 5.32 Å².